The lowest BCUT2D eigenvalue weighted by Crippen LogP contribution is -2.48. The van der Waals surface area contributed by atoms with Crippen LogP contribution in [0.1, 0.15) is 12.6 Å². The van der Waals surface area contributed by atoms with Gasteiger partial charge in [0, 0.05) is 13.1 Å². The molecule has 0 bridgehead atoms. The number of aliphatic hydroxyl groups is 1. The molecule has 1 saturated heterocycles. The van der Waals surface area contributed by atoms with Gasteiger partial charge >= 0.3 is 0 Å². The SMILES string of the molecule is Cc1ccc(N2CC(C)OC(CO)C2)nn1. The van der Waals surface area contributed by atoms with E-state index in [9.17, 15) is 0 Å². The van der Waals surface area contributed by atoms with Crippen molar-refractivity contribution in [3.05, 3.63) is 17.8 Å². The number of rotatable bonds is 2. The Kier molecular flexibility index (Phi) is 3.36. The number of morpholine rings is 1. The first-order valence-electron chi connectivity index (χ1n) is 5.50. The second-order valence-corrected chi connectivity index (χ2v) is 4.19. The molecule has 1 aliphatic rings. The molecule has 1 aliphatic heterocycles. The predicted octanol–water partition coefficient (Wildman–Crippen LogP) is 0.371. The summed E-state index contributed by atoms with van der Waals surface area (Å²) in [4.78, 5) is 2.10. The zero-order valence-electron chi connectivity index (χ0n) is 9.63. The molecule has 0 aromatic carbocycles. The van der Waals surface area contributed by atoms with Crippen molar-refractivity contribution in [2.24, 2.45) is 0 Å². The van der Waals surface area contributed by atoms with E-state index >= 15 is 0 Å². The highest BCUT2D eigenvalue weighted by atomic mass is 16.5. The van der Waals surface area contributed by atoms with Gasteiger partial charge in [0.2, 0.25) is 0 Å². The van der Waals surface area contributed by atoms with Crippen LogP contribution in [0.4, 0.5) is 5.82 Å². The minimum atomic E-state index is -0.133. The number of hydrogen-bond acceptors (Lipinski definition) is 5. The van der Waals surface area contributed by atoms with Crippen molar-refractivity contribution in [3.8, 4) is 0 Å². The first kappa shape index (κ1) is 11.3. The Balaban J connectivity index is 2.11. The topological polar surface area (TPSA) is 58.5 Å². The first-order chi connectivity index (χ1) is 7.69. The largest absolute Gasteiger partial charge is 0.394 e. The summed E-state index contributed by atoms with van der Waals surface area (Å²) < 4.78 is 5.57. The minimum Gasteiger partial charge on any atom is -0.394 e. The molecule has 1 aromatic heterocycles. The summed E-state index contributed by atoms with van der Waals surface area (Å²) in [6, 6.07) is 3.89. The maximum Gasteiger partial charge on any atom is 0.151 e. The van der Waals surface area contributed by atoms with Gasteiger partial charge in [-0.2, -0.15) is 5.10 Å². The maximum atomic E-state index is 9.13. The molecule has 5 heteroatoms. The third kappa shape index (κ3) is 2.48. The molecule has 2 unspecified atom stereocenters. The molecule has 16 heavy (non-hydrogen) atoms. The van der Waals surface area contributed by atoms with E-state index in [0.717, 1.165) is 18.1 Å². The summed E-state index contributed by atoms with van der Waals surface area (Å²) in [7, 11) is 0. The van der Waals surface area contributed by atoms with Gasteiger partial charge in [-0.3, -0.25) is 0 Å². The van der Waals surface area contributed by atoms with Gasteiger partial charge in [-0.05, 0) is 26.0 Å². The molecule has 0 radical (unpaired) electrons. The summed E-state index contributed by atoms with van der Waals surface area (Å²) in [5.74, 6) is 0.846. The van der Waals surface area contributed by atoms with Crippen molar-refractivity contribution < 1.29 is 9.84 Å². The highest BCUT2D eigenvalue weighted by Crippen LogP contribution is 2.17. The molecule has 5 nitrogen and oxygen atoms in total. The maximum absolute atomic E-state index is 9.13. The van der Waals surface area contributed by atoms with Crippen LogP contribution in [0.15, 0.2) is 12.1 Å². The van der Waals surface area contributed by atoms with Crippen LogP contribution < -0.4 is 4.90 Å². The minimum absolute atomic E-state index is 0.0418. The Morgan fingerprint density at radius 3 is 2.88 bits per heavy atom. The number of nitrogens with zero attached hydrogens (tertiary/aromatic N) is 3. The van der Waals surface area contributed by atoms with E-state index in [2.05, 4.69) is 15.1 Å². The Labute approximate surface area is 95.1 Å². The molecule has 1 N–H and O–H groups in total. The van der Waals surface area contributed by atoms with Crippen molar-refractivity contribution in [2.45, 2.75) is 26.1 Å². The van der Waals surface area contributed by atoms with Gasteiger partial charge < -0.3 is 14.7 Å². The monoisotopic (exact) mass is 223 g/mol. The van der Waals surface area contributed by atoms with Gasteiger partial charge in [-0.1, -0.05) is 0 Å². The predicted molar refractivity (Wildman–Crippen MR) is 60.4 cm³/mol. The number of hydrogen-bond donors (Lipinski definition) is 1. The fourth-order valence-corrected chi connectivity index (χ4v) is 1.89. The second-order valence-electron chi connectivity index (χ2n) is 4.19. The van der Waals surface area contributed by atoms with Crippen LogP contribution in [-0.4, -0.2) is 47.2 Å². The number of aromatic nitrogens is 2. The van der Waals surface area contributed by atoms with Crippen molar-refractivity contribution >= 4 is 5.82 Å². The van der Waals surface area contributed by atoms with Crippen molar-refractivity contribution in [3.63, 3.8) is 0 Å². The number of aliphatic hydroxyl groups excluding tert-OH is 1. The molecule has 2 rings (SSSR count). The van der Waals surface area contributed by atoms with Gasteiger partial charge in [0.05, 0.1) is 24.5 Å². The summed E-state index contributed by atoms with van der Waals surface area (Å²) in [5, 5.41) is 17.3. The van der Waals surface area contributed by atoms with E-state index in [-0.39, 0.29) is 18.8 Å². The zero-order chi connectivity index (χ0) is 11.5. The van der Waals surface area contributed by atoms with E-state index in [1.54, 1.807) is 0 Å². The lowest BCUT2D eigenvalue weighted by atomic mass is 10.2. The lowest BCUT2D eigenvalue weighted by molar-refractivity contribution is -0.0423. The van der Waals surface area contributed by atoms with Crippen LogP contribution in [0, 0.1) is 6.92 Å². The quantitative estimate of drug-likeness (QED) is 0.785. The van der Waals surface area contributed by atoms with E-state index < -0.39 is 0 Å². The fraction of sp³-hybridized carbons (Fsp3) is 0.636. The molecular formula is C11H17N3O2. The molecular weight excluding hydrogens is 206 g/mol. The number of ether oxygens (including phenoxy) is 1. The van der Waals surface area contributed by atoms with Crippen LogP contribution in [0.5, 0.6) is 0 Å². The standard InChI is InChI=1S/C11H17N3O2/c1-8-3-4-11(13-12-8)14-5-9(2)16-10(6-14)7-15/h3-4,9-10,15H,5-7H2,1-2H3. The molecule has 2 heterocycles. The smallest absolute Gasteiger partial charge is 0.151 e. The van der Waals surface area contributed by atoms with Crippen LogP contribution in [0.25, 0.3) is 0 Å². The van der Waals surface area contributed by atoms with E-state index in [4.69, 9.17) is 9.84 Å². The number of anilines is 1. The van der Waals surface area contributed by atoms with Crippen LogP contribution >= 0.6 is 0 Å². The van der Waals surface area contributed by atoms with Crippen LogP contribution in [0.3, 0.4) is 0 Å². The normalized spacial score (nSPS) is 25.8. The molecule has 0 saturated carbocycles. The van der Waals surface area contributed by atoms with Crippen molar-refractivity contribution in [1.82, 2.24) is 10.2 Å². The summed E-state index contributed by atoms with van der Waals surface area (Å²) in [5.41, 5.74) is 0.906. The Bertz CT molecular complexity index is 342. The fourth-order valence-electron chi connectivity index (χ4n) is 1.89. The van der Waals surface area contributed by atoms with E-state index in [1.807, 2.05) is 26.0 Å². The Morgan fingerprint density at radius 2 is 2.25 bits per heavy atom. The average molecular weight is 223 g/mol. The van der Waals surface area contributed by atoms with E-state index in [1.165, 1.54) is 0 Å². The second kappa shape index (κ2) is 4.76. The highest BCUT2D eigenvalue weighted by Gasteiger charge is 2.25. The highest BCUT2D eigenvalue weighted by molar-refractivity contribution is 5.38. The Morgan fingerprint density at radius 1 is 1.44 bits per heavy atom. The van der Waals surface area contributed by atoms with Crippen LogP contribution in [-0.2, 0) is 4.74 Å². The summed E-state index contributed by atoms with van der Waals surface area (Å²) in [6.07, 6.45) is -0.0270. The van der Waals surface area contributed by atoms with Gasteiger partial charge in [0.25, 0.3) is 0 Å². The first-order valence-corrected chi connectivity index (χ1v) is 5.50. The zero-order valence-corrected chi connectivity index (χ0v) is 9.63. The third-order valence-electron chi connectivity index (χ3n) is 2.64. The van der Waals surface area contributed by atoms with Crippen molar-refractivity contribution in [1.29, 1.82) is 0 Å². The third-order valence-corrected chi connectivity index (χ3v) is 2.64. The summed E-state index contributed by atoms with van der Waals surface area (Å²) in [6.45, 7) is 5.40. The molecule has 2 atom stereocenters. The lowest BCUT2D eigenvalue weighted by Gasteiger charge is -2.36. The molecule has 1 fully saturated rings. The van der Waals surface area contributed by atoms with Crippen molar-refractivity contribution in [2.75, 3.05) is 24.6 Å². The molecule has 0 aliphatic carbocycles. The summed E-state index contributed by atoms with van der Waals surface area (Å²) >= 11 is 0. The van der Waals surface area contributed by atoms with E-state index in [0.29, 0.717) is 6.54 Å². The van der Waals surface area contributed by atoms with Gasteiger partial charge in [0.15, 0.2) is 5.82 Å². The molecule has 1 aromatic rings. The van der Waals surface area contributed by atoms with Gasteiger partial charge in [-0.25, -0.2) is 0 Å². The van der Waals surface area contributed by atoms with Gasteiger partial charge in [-0.15, -0.1) is 5.10 Å². The molecule has 0 spiro atoms. The molecule has 0 amide bonds. The average Bonchev–Trinajstić information content (AvgIpc) is 2.29. The number of aryl methyl sites for hydroxylation is 1. The Hall–Kier alpha value is -1.20. The van der Waals surface area contributed by atoms with Gasteiger partial charge in [0.1, 0.15) is 0 Å². The van der Waals surface area contributed by atoms with Crippen LogP contribution in [0.2, 0.25) is 0 Å². The molecule has 88 valence electrons.